The van der Waals surface area contributed by atoms with Gasteiger partial charge in [-0.15, -0.1) is 0 Å². The third-order valence-corrected chi connectivity index (χ3v) is 8.54. The van der Waals surface area contributed by atoms with E-state index in [1.165, 1.54) is 44.9 Å². The van der Waals surface area contributed by atoms with Crippen molar-refractivity contribution in [1.82, 2.24) is 5.32 Å². The summed E-state index contributed by atoms with van der Waals surface area (Å²) in [6.07, 6.45) is 11.2. The number of hydrogen-bond acceptors (Lipinski definition) is 9. The second kappa shape index (κ2) is 28.4. The maximum absolute atomic E-state index is 5.63. The van der Waals surface area contributed by atoms with Gasteiger partial charge in [0.15, 0.2) is 0 Å². The lowest BCUT2D eigenvalue weighted by Gasteiger charge is -2.24. The van der Waals surface area contributed by atoms with Crippen LogP contribution >= 0.6 is 0 Å². The van der Waals surface area contributed by atoms with E-state index >= 15 is 0 Å². The second-order valence-corrected chi connectivity index (χ2v) is 11.5. The standard InChI is InChI=1S/C25H55NO8Si/c1-27-17-18-32-21-22-34-24-23-33-20-19-31-16-12-10-8-6-5-7-9-11-14-26-15-13-25-35(28-2,29-3)30-4/h26H,5-25H2,1-4H3. The van der Waals surface area contributed by atoms with E-state index in [0.29, 0.717) is 52.9 Å². The zero-order valence-electron chi connectivity index (χ0n) is 23.1. The molecule has 35 heavy (non-hydrogen) atoms. The maximum atomic E-state index is 5.63. The summed E-state index contributed by atoms with van der Waals surface area (Å²) in [4.78, 5) is 0. The van der Waals surface area contributed by atoms with Crippen LogP contribution in [0.25, 0.3) is 0 Å². The van der Waals surface area contributed by atoms with E-state index in [-0.39, 0.29) is 0 Å². The van der Waals surface area contributed by atoms with Crippen molar-refractivity contribution in [3.8, 4) is 0 Å². The average Bonchev–Trinajstić information content (AvgIpc) is 2.89. The molecule has 0 aliphatic carbocycles. The van der Waals surface area contributed by atoms with Gasteiger partial charge in [0.05, 0.1) is 52.9 Å². The molecule has 10 heteroatoms. The van der Waals surface area contributed by atoms with Gasteiger partial charge in [-0.2, -0.15) is 0 Å². The predicted octanol–water partition coefficient (Wildman–Crippen LogP) is 3.68. The molecular formula is C25H55NO8Si. The first-order valence-corrected chi connectivity index (χ1v) is 15.3. The van der Waals surface area contributed by atoms with Crippen molar-refractivity contribution in [2.75, 3.05) is 101 Å². The number of nitrogens with one attached hydrogen (secondary N) is 1. The van der Waals surface area contributed by atoms with Crippen LogP contribution in [0.3, 0.4) is 0 Å². The fourth-order valence-electron chi connectivity index (χ4n) is 3.53. The Kier molecular flexibility index (Phi) is 28.3. The number of rotatable bonds is 30. The van der Waals surface area contributed by atoms with Crippen LogP contribution in [0.1, 0.15) is 57.8 Å². The topological polar surface area (TPSA) is 85.9 Å². The molecule has 0 amide bonds. The molecule has 0 saturated carbocycles. The molecule has 0 aliphatic rings. The van der Waals surface area contributed by atoms with Crippen LogP contribution < -0.4 is 5.32 Å². The van der Waals surface area contributed by atoms with Crippen molar-refractivity contribution in [2.45, 2.75) is 63.8 Å². The van der Waals surface area contributed by atoms with Gasteiger partial charge in [0.2, 0.25) is 0 Å². The lowest BCUT2D eigenvalue weighted by Crippen LogP contribution is -2.43. The van der Waals surface area contributed by atoms with E-state index < -0.39 is 8.80 Å². The van der Waals surface area contributed by atoms with Crippen molar-refractivity contribution in [3.63, 3.8) is 0 Å². The minimum atomic E-state index is -2.40. The molecule has 0 rings (SSSR count). The molecule has 0 saturated heterocycles. The summed E-state index contributed by atoms with van der Waals surface area (Å²) in [6, 6.07) is 0.852. The van der Waals surface area contributed by atoms with Crippen molar-refractivity contribution < 1.29 is 37.0 Å². The van der Waals surface area contributed by atoms with E-state index in [0.717, 1.165) is 38.6 Å². The van der Waals surface area contributed by atoms with Crippen molar-refractivity contribution in [3.05, 3.63) is 0 Å². The molecule has 0 radical (unpaired) electrons. The summed E-state index contributed by atoms with van der Waals surface area (Å²) < 4.78 is 43.1. The minimum absolute atomic E-state index is 0.587. The summed E-state index contributed by atoms with van der Waals surface area (Å²) in [6.45, 7) is 7.76. The summed E-state index contributed by atoms with van der Waals surface area (Å²) in [5.41, 5.74) is 0. The summed E-state index contributed by atoms with van der Waals surface area (Å²) >= 11 is 0. The van der Waals surface area contributed by atoms with E-state index in [4.69, 9.17) is 37.0 Å². The Bertz CT molecular complexity index is 397. The van der Waals surface area contributed by atoms with Crippen LogP contribution in [0, 0.1) is 0 Å². The largest absolute Gasteiger partial charge is 0.500 e. The first-order chi connectivity index (χ1) is 17.2. The van der Waals surface area contributed by atoms with Gasteiger partial charge in [0.1, 0.15) is 0 Å². The second-order valence-electron chi connectivity index (χ2n) is 8.42. The Morgan fingerprint density at radius 3 is 1.31 bits per heavy atom. The molecule has 9 nitrogen and oxygen atoms in total. The van der Waals surface area contributed by atoms with Crippen molar-refractivity contribution >= 4 is 8.80 Å². The smallest absolute Gasteiger partial charge is 0.382 e. The lowest BCUT2D eigenvalue weighted by atomic mass is 10.1. The normalized spacial score (nSPS) is 12.0. The predicted molar refractivity (Wildman–Crippen MR) is 141 cm³/mol. The molecular weight excluding hydrogens is 470 g/mol. The molecule has 0 aromatic carbocycles. The highest BCUT2D eigenvalue weighted by Gasteiger charge is 2.36. The average molecular weight is 526 g/mol. The molecule has 0 bridgehead atoms. The Morgan fingerprint density at radius 1 is 0.429 bits per heavy atom. The van der Waals surface area contributed by atoms with Crippen LogP contribution in [0.15, 0.2) is 0 Å². The monoisotopic (exact) mass is 525 g/mol. The van der Waals surface area contributed by atoms with Gasteiger partial charge in [-0.1, -0.05) is 38.5 Å². The lowest BCUT2D eigenvalue weighted by molar-refractivity contribution is -0.00800. The van der Waals surface area contributed by atoms with Gasteiger partial charge < -0.3 is 42.3 Å². The first-order valence-electron chi connectivity index (χ1n) is 13.4. The van der Waals surface area contributed by atoms with E-state index in [1.54, 1.807) is 28.4 Å². The van der Waals surface area contributed by atoms with Crippen LogP contribution in [0.4, 0.5) is 0 Å². The highest BCUT2D eigenvalue weighted by Crippen LogP contribution is 2.14. The SMILES string of the molecule is COCCOCCOCCOCCOCCCCCCCCCCNCCC[Si](OC)(OC)OC. The van der Waals surface area contributed by atoms with E-state index in [1.807, 2.05) is 0 Å². The molecule has 0 fully saturated rings. The fraction of sp³-hybridized carbons (Fsp3) is 1.00. The van der Waals surface area contributed by atoms with Crippen LogP contribution in [0.2, 0.25) is 6.04 Å². The molecule has 0 spiro atoms. The molecule has 0 aromatic heterocycles. The fourth-order valence-corrected chi connectivity index (χ4v) is 5.25. The van der Waals surface area contributed by atoms with E-state index in [9.17, 15) is 0 Å². The van der Waals surface area contributed by atoms with Gasteiger partial charge in [0.25, 0.3) is 0 Å². The van der Waals surface area contributed by atoms with Gasteiger partial charge in [-0.25, -0.2) is 0 Å². The molecule has 1 N–H and O–H groups in total. The Labute approximate surface area is 216 Å². The first kappa shape index (κ1) is 34.9. The van der Waals surface area contributed by atoms with Crippen molar-refractivity contribution in [2.24, 2.45) is 0 Å². The van der Waals surface area contributed by atoms with E-state index in [2.05, 4.69) is 5.32 Å². The Morgan fingerprint density at radius 2 is 0.829 bits per heavy atom. The zero-order valence-corrected chi connectivity index (χ0v) is 24.1. The quantitative estimate of drug-likeness (QED) is 0.111. The maximum Gasteiger partial charge on any atom is 0.500 e. The third kappa shape index (κ3) is 24.0. The Hall–Kier alpha value is -0.143. The summed E-state index contributed by atoms with van der Waals surface area (Å²) in [5, 5.41) is 3.51. The van der Waals surface area contributed by atoms with Gasteiger partial charge in [0, 0.05) is 41.1 Å². The molecule has 0 aliphatic heterocycles. The zero-order chi connectivity index (χ0) is 25.7. The third-order valence-electron chi connectivity index (χ3n) is 5.71. The number of unbranched alkanes of at least 4 members (excludes halogenated alkanes) is 7. The minimum Gasteiger partial charge on any atom is -0.382 e. The number of methoxy groups -OCH3 is 1. The molecule has 0 heterocycles. The Balaban J connectivity index is 3.14. The van der Waals surface area contributed by atoms with Crippen LogP contribution in [0.5, 0.6) is 0 Å². The van der Waals surface area contributed by atoms with Crippen molar-refractivity contribution in [1.29, 1.82) is 0 Å². The van der Waals surface area contributed by atoms with Gasteiger partial charge >= 0.3 is 8.80 Å². The highest BCUT2D eigenvalue weighted by molar-refractivity contribution is 6.60. The number of hydrogen-bond donors (Lipinski definition) is 1. The molecule has 0 atom stereocenters. The summed E-state index contributed by atoms with van der Waals surface area (Å²) in [5.74, 6) is 0. The van der Waals surface area contributed by atoms with Crippen LogP contribution in [-0.2, 0) is 37.0 Å². The molecule has 0 unspecified atom stereocenters. The molecule has 212 valence electrons. The number of ether oxygens (including phenoxy) is 5. The van der Waals surface area contributed by atoms with Crippen LogP contribution in [-0.4, -0.2) is 110 Å². The summed E-state index contributed by atoms with van der Waals surface area (Å²) in [7, 11) is 4.27. The highest BCUT2D eigenvalue weighted by atomic mass is 28.4. The van der Waals surface area contributed by atoms with Gasteiger partial charge in [-0.3, -0.25) is 0 Å². The molecule has 0 aromatic rings. The van der Waals surface area contributed by atoms with Gasteiger partial charge in [-0.05, 0) is 32.4 Å².